The Labute approximate surface area is 109 Å². The molecule has 0 saturated heterocycles. The van der Waals surface area contributed by atoms with E-state index in [1.165, 1.54) is 12.1 Å². The fourth-order valence-corrected chi connectivity index (χ4v) is 1.84. The molecule has 0 fully saturated rings. The van der Waals surface area contributed by atoms with Crippen LogP contribution < -0.4 is 4.74 Å². The molecule has 0 spiro atoms. The molecule has 0 radical (unpaired) electrons. The molecule has 0 aromatic heterocycles. The molecular formula is C15H22O3. The first-order valence-corrected chi connectivity index (χ1v) is 6.68. The van der Waals surface area contributed by atoms with Crippen LogP contribution in [0.5, 0.6) is 11.5 Å². The van der Waals surface area contributed by atoms with Gasteiger partial charge in [-0.2, -0.15) is 0 Å². The lowest BCUT2D eigenvalue weighted by atomic mass is 9.99. The second-order valence-corrected chi connectivity index (χ2v) is 4.52. The number of ether oxygens (including phenoxy) is 1. The minimum absolute atomic E-state index is 0.0228. The van der Waals surface area contributed by atoms with Crippen molar-refractivity contribution in [2.45, 2.75) is 46.0 Å². The molecule has 0 aliphatic carbocycles. The van der Waals surface area contributed by atoms with Crippen LogP contribution in [0.25, 0.3) is 0 Å². The maximum Gasteiger partial charge on any atom is 0.314 e. The second kappa shape index (κ2) is 7.75. The fraction of sp³-hybridized carbons (Fsp3) is 0.533. The van der Waals surface area contributed by atoms with E-state index in [0.29, 0.717) is 5.75 Å². The van der Waals surface area contributed by atoms with Crippen LogP contribution in [0.2, 0.25) is 0 Å². The van der Waals surface area contributed by atoms with Gasteiger partial charge in [0.15, 0.2) is 0 Å². The molecule has 0 aliphatic heterocycles. The van der Waals surface area contributed by atoms with Crippen molar-refractivity contribution in [3.05, 3.63) is 24.3 Å². The van der Waals surface area contributed by atoms with Crippen molar-refractivity contribution in [1.82, 2.24) is 0 Å². The molecule has 1 aromatic rings. The minimum Gasteiger partial charge on any atom is -0.508 e. The predicted octanol–water partition coefficient (Wildman–Crippen LogP) is 3.90. The highest BCUT2D eigenvalue weighted by atomic mass is 16.5. The lowest BCUT2D eigenvalue weighted by Crippen LogP contribution is -2.19. The van der Waals surface area contributed by atoms with Gasteiger partial charge in [-0.25, -0.2) is 0 Å². The standard InChI is InChI=1S/C15H22O3/c1-3-5-6-7-12(4-2)15(17)18-14-10-8-13(16)9-11-14/h8-12,16H,3-7H2,1-2H3. The highest BCUT2D eigenvalue weighted by Crippen LogP contribution is 2.20. The van der Waals surface area contributed by atoms with Crippen molar-refractivity contribution in [3.8, 4) is 11.5 Å². The summed E-state index contributed by atoms with van der Waals surface area (Å²) in [5, 5.41) is 9.15. The van der Waals surface area contributed by atoms with Gasteiger partial charge in [0, 0.05) is 0 Å². The number of phenolic OH excluding ortho intramolecular Hbond substituents is 1. The number of benzene rings is 1. The van der Waals surface area contributed by atoms with Gasteiger partial charge in [-0.15, -0.1) is 0 Å². The fourth-order valence-electron chi connectivity index (χ4n) is 1.84. The zero-order valence-corrected chi connectivity index (χ0v) is 11.2. The third-order valence-electron chi connectivity index (χ3n) is 3.04. The molecule has 1 atom stereocenters. The van der Waals surface area contributed by atoms with Gasteiger partial charge in [0.25, 0.3) is 0 Å². The molecule has 3 heteroatoms. The zero-order valence-electron chi connectivity index (χ0n) is 11.2. The number of hydrogen-bond acceptors (Lipinski definition) is 3. The molecule has 0 heterocycles. The van der Waals surface area contributed by atoms with E-state index in [-0.39, 0.29) is 17.6 Å². The van der Waals surface area contributed by atoms with Gasteiger partial charge in [0.1, 0.15) is 11.5 Å². The van der Waals surface area contributed by atoms with Gasteiger partial charge in [0.05, 0.1) is 5.92 Å². The first-order chi connectivity index (χ1) is 8.67. The van der Waals surface area contributed by atoms with Gasteiger partial charge in [-0.1, -0.05) is 33.1 Å². The number of hydrogen-bond donors (Lipinski definition) is 1. The van der Waals surface area contributed by atoms with Gasteiger partial charge in [-0.05, 0) is 37.1 Å². The molecule has 0 saturated carbocycles. The van der Waals surface area contributed by atoms with Gasteiger partial charge < -0.3 is 9.84 Å². The molecule has 1 unspecified atom stereocenters. The molecule has 1 N–H and O–H groups in total. The van der Waals surface area contributed by atoms with E-state index in [2.05, 4.69) is 6.92 Å². The lowest BCUT2D eigenvalue weighted by molar-refractivity contribution is -0.139. The average molecular weight is 250 g/mol. The maximum atomic E-state index is 11.9. The highest BCUT2D eigenvalue weighted by molar-refractivity contribution is 5.75. The summed E-state index contributed by atoms with van der Waals surface area (Å²) in [5.41, 5.74) is 0. The van der Waals surface area contributed by atoms with Crippen molar-refractivity contribution in [3.63, 3.8) is 0 Å². The topological polar surface area (TPSA) is 46.5 Å². The highest BCUT2D eigenvalue weighted by Gasteiger charge is 2.18. The Bertz CT molecular complexity index is 357. The quantitative estimate of drug-likeness (QED) is 0.453. The molecule has 0 aliphatic rings. The van der Waals surface area contributed by atoms with Gasteiger partial charge in [0.2, 0.25) is 0 Å². The Hall–Kier alpha value is -1.51. The molecule has 3 nitrogen and oxygen atoms in total. The summed E-state index contributed by atoms with van der Waals surface area (Å²) in [6.07, 6.45) is 5.08. The third-order valence-corrected chi connectivity index (χ3v) is 3.04. The molecular weight excluding hydrogens is 228 g/mol. The largest absolute Gasteiger partial charge is 0.508 e. The third kappa shape index (κ3) is 4.78. The summed E-state index contributed by atoms with van der Waals surface area (Å²) >= 11 is 0. The summed E-state index contributed by atoms with van der Waals surface area (Å²) in [5.74, 6) is 0.473. The first-order valence-electron chi connectivity index (χ1n) is 6.68. The van der Waals surface area contributed by atoms with E-state index in [1.807, 2.05) is 6.92 Å². The first kappa shape index (κ1) is 14.6. The van der Waals surface area contributed by atoms with Gasteiger partial charge >= 0.3 is 5.97 Å². The van der Waals surface area contributed by atoms with E-state index >= 15 is 0 Å². The molecule has 100 valence electrons. The summed E-state index contributed by atoms with van der Waals surface area (Å²) in [4.78, 5) is 11.9. The molecule has 0 bridgehead atoms. The minimum atomic E-state index is -0.167. The number of esters is 1. The van der Waals surface area contributed by atoms with Crippen LogP contribution >= 0.6 is 0 Å². The van der Waals surface area contributed by atoms with Crippen molar-refractivity contribution < 1.29 is 14.6 Å². The number of phenols is 1. The molecule has 0 amide bonds. The SMILES string of the molecule is CCCCCC(CC)C(=O)Oc1ccc(O)cc1. The number of rotatable bonds is 7. The van der Waals surface area contributed by atoms with E-state index in [4.69, 9.17) is 9.84 Å². The van der Waals surface area contributed by atoms with Crippen LogP contribution in [-0.4, -0.2) is 11.1 Å². The Morgan fingerprint density at radius 2 is 1.89 bits per heavy atom. The van der Waals surface area contributed by atoms with Crippen LogP contribution in [0.1, 0.15) is 46.0 Å². The van der Waals surface area contributed by atoms with Crippen LogP contribution in [0.4, 0.5) is 0 Å². The Balaban J connectivity index is 2.48. The van der Waals surface area contributed by atoms with E-state index in [0.717, 1.165) is 32.1 Å². The summed E-state index contributed by atoms with van der Waals surface area (Å²) in [6, 6.07) is 6.24. The Kier molecular flexibility index (Phi) is 6.26. The Morgan fingerprint density at radius 1 is 1.22 bits per heavy atom. The lowest BCUT2D eigenvalue weighted by Gasteiger charge is -2.13. The smallest absolute Gasteiger partial charge is 0.314 e. The number of carbonyl (C=O) groups excluding carboxylic acids is 1. The number of carbonyl (C=O) groups is 1. The van der Waals surface area contributed by atoms with Gasteiger partial charge in [-0.3, -0.25) is 4.79 Å². The van der Waals surface area contributed by atoms with E-state index < -0.39 is 0 Å². The van der Waals surface area contributed by atoms with Crippen molar-refractivity contribution in [2.75, 3.05) is 0 Å². The van der Waals surface area contributed by atoms with E-state index in [1.54, 1.807) is 12.1 Å². The monoisotopic (exact) mass is 250 g/mol. The molecule has 1 rings (SSSR count). The average Bonchev–Trinajstić information content (AvgIpc) is 2.37. The van der Waals surface area contributed by atoms with Crippen molar-refractivity contribution in [2.24, 2.45) is 5.92 Å². The second-order valence-electron chi connectivity index (χ2n) is 4.52. The number of aromatic hydroxyl groups is 1. The van der Waals surface area contributed by atoms with Crippen LogP contribution in [-0.2, 0) is 4.79 Å². The summed E-state index contributed by atoms with van der Waals surface area (Å²) in [6.45, 7) is 4.16. The van der Waals surface area contributed by atoms with Crippen LogP contribution in [0, 0.1) is 5.92 Å². The normalized spacial score (nSPS) is 12.1. The van der Waals surface area contributed by atoms with Crippen molar-refractivity contribution >= 4 is 5.97 Å². The van der Waals surface area contributed by atoms with Crippen LogP contribution in [0.3, 0.4) is 0 Å². The van der Waals surface area contributed by atoms with Crippen molar-refractivity contribution in [1.29, 1.82) is 0 Å². The summed E-state index contributed by atoms with van der Waals surface area (Å²) < 4.78 is 5.30. The van der Waals surface area contributed by atoms with E-state index in [9.17, 15) is 4.79 Å². The Morgan fingerprint density at radius 3 is 2.44 bits per heavy atom. The number of unbranched alkanes of at least 4 members (excludes halogenated alkanes) is 2. The molecule has 18 heavy (non-hydrogen) atoms. The van der Waals surface area contributed by atoms with Crippen LogP contribution in [0.15, 0.2) is 24.3 Å². The summed E-state index contributed by atoms with van der Waals surface area (Å²) in [7, 11) is 0. The maximum absolute atomic E-state index is 11.9. The zero-order chi connectivity index (χ0) is 13.4. The predicted molar refractivity (Wildman–Crippen MR) is 71.7 cm³/mol. The molecule has 1 aromatic carbocycles.